The number of rotatable bonds is 2. The van der Waals surface area contributed by atoms with E-state index in [0.29, 0.717) is 5.02 Å². The average molecular weight is 261 g/mol. The third-order valence-electron chi connectivity index (χ3n) is 2.54. The van der Waals surface area contributed by atoms with Crippen molar-refractivity contribution in [3.8, 4) is 22.6 Å². The topological polar surface area (TPSA) is 28.7 Å². The minimum atomic E-state index is 0.707. The van der Waals surface area contributed by atoms with Gasteiger partial charge in [-0.1, -0.05) is 23.7 Å². The van der Waals surface area contributed by atoms with Gasteiger partial charge < -0.3 is 4.98 Å². The number of thiophene rings is 1. The summed E-state index contributed by atoms with van der Waals surface area (Å²) < 4.78 is 0. The van der Waals surface area contributed by atoms with Crippen LogP contribution in [0, 0.1) is 0 Å². The van der Waals surface area contributed by atoms with Crippen molar-refractivity contribution in [2.24, 2.45) is 0 Å². The monoisotopic (exact) mass is 260 g/mol. The van der Waals surface area contributed by atoms with E-state index in [0.717, 1.165) is 22.6 Å². The Morgan fingerprint density at radius 2 is 2.06 bits per heavy atom. The molecular formula is C13H9ClN2S. The predicted molar refractivity (Wildman–Crippen MR) is 72.3 cm³/mol. The number of imidazole rings is 1. The molecule has 2 nitrogen and oxygen atoms in total. The summed E-state index contributed by atoms with van der Waals surface area (Å²) in [6.07, 6.45) is 1.83. The zero-order chi connectivity index (χ0) is 11.7. The van der Waals surface area contributed by atoms with Crippen molar-refractivity contribution in [1.29, 1.82) is 0 Å². The number of H-pyrrole nitrogens is 1. The molecule has 0 bridgehead atoms. The maximum Gasteiger partial charge on any atom is 0.139 e. The molecular weight excluding hydrogens is 252 g/mol. The molecule has 3 rings (SSSR count). The molecule has 0 saturated carbocycles. The van der Waals surface area contributed by atoms with Crippen molar-refractivity contribution in [2.75, 3.05) is 0 Å². The van der Waals surface area contributed by atoms with Crippen LogP contribution in [0.3, 0.4) is 0 Å². The summed E-state index contributed by atoms with van der Waals surface area (Å²) in [5, 5.41) is 4.84. The lowest BCUT2D eigenvalue weighted by molar-refractivity contribution is 1.31. The fourth-order valence-electron chi connectivity index (χ4n) is 1.68. The summed E-state index contributed by atoms with van der Waals surface area (Å²) in [4.78, 5) is 7.65. The highest BCUT2D eigenvalue weighted by molar-refractivity contribution is 7.08. The molecule has 0 aliphatic rings. The molecule has 84 valence electrons. The fourth-order valence-corrected chi connectivity index (χ4v) is 2.56. The molecule has 17 heavy (non-hydrogen) atoms. The average Bonchev–Trinajstić information content (AvgIpc) is 3.00. The third-order valence-corrected chi connectivity index (χ3v) is 3.55. The van der Waals surface area contributed by atoms with E-state index >= 15 is 0 Å². The standard InChI is InChI=1S/C13H9ClN2S/c14-11-4-2-1-3-10(11)13-15-7-12(16-13)9-5-6-17-8-9/h1-8H,(H,15,16). The van der Waals surface area contributed by atoms with Crippen LogP contribution in [-0.4, -0.2) is 9.97 Å². The van der Waals surface area contributed by atoms with Crippen LogP contribution >= 0.6 is 22.9 Å². The Labute approximate surface area is 108 Å². The van der Waals surface area contributed by atoms with Crippen molar-refractivity contribution in [3.05, 3.63) is 52.3 Å². The number of hydrogen-bond donors (Lipinski definition) is 1. The van der Waals surface area contributed by atoms with Gasteiger partial charge in [-0.25, -0.2) is 4.98 Å². The number of nitrogens with one attached hydrogen (secondary N) is 1. The van der Waals surface area contributed by atoms with Gasteiger partial charge in [-0.05, 0) is 23.6 Å². The second kappa shape index (κ2) is 4.35. The lowest BCUT2D eigenvalue weighted by atomic mass is 10.2. The molecule has 0 amide bonds. The number of benzene rings is 1. The second-order valence-electron chi connectivity index (χ2n) is 3.64. The molecule has 2 aromatic heterocycles. The zero-order valence-corrected chi connectivity index (χ0v) is 10.4. The number of hydrogen-bond acceptors (Lipinski definition) is 2. The quantitative estimate of drug-likeness (QED) is 0.724. The normalized spacial score (nSPS) is 10.6. The minimum absolute atomic E-state index is 0.707. The van der Waals surface area contributed by atoms with Crippen LogP contribution in [0.4, 0.5) is 0 Å². The minimum Gasteiger partial charge on any atom is -0.338 e. The van der Waals surface area contributed by atoms with E-state index in [1.807, 2.05) is 35.8 Å². The first kappa shape index (κ1) is 10.6. The fraction of sp³-hybridized carbons (Fsp3) is 0. The Kier molecular flexibility index (Phi) is 2.71. The van der Waals surface area contributed by atoms with E-state index in [9.17, 15) is 0 Å². The molecule has 1 aromatic carbocycles. The van der Waals surface area contributed by atoms with Crippen LogP contribution in [-0.2, 0) is 0 Å². The summed E-state index contributed by atoms with van der Waals surface area (Å²) in [5.41, 5.74) is 3.10. The van der Waals surface area contributed by atoms with Crippen molar-refractivity contribution in [3.63, 3.8) is 0 Å². The molecule has 0 fully saturated rings. The van der Waals surface area contributed by atoms with E-state index < -0.39 is 0 Å². The third kappa shape index (κ3) is 1.99. The molecule has 0 aliphatic carbocycles. The number of aromatic amines is 1. The molecule has 1 N–H and O–H groups in total. The highest BCUT2D eigenvalue weighted by atomic mass is 35.5. The highest BCUT2D eigenvalue weighted by Gasteiger charge is 2.08. The van der Waals surface area contributed by atoms with Crippen LogP contribution in [0.15, 0.2) is 47.3 Å². The van der Waals surface area contributed by atoms with E-state index in [1.54, 1.807) is 11.3 Å². The number of nitrogens with zero attached hydrogens (tertiary/aromatic N) is 1. The summed E-state index contributed by atoms with van der Waals surface area (Å²) in [5.74, 6) is 0.803. The lowest BCUT2D eigenvalue weighted by Crippen LogP contribution is -1.81. The van der Waals surface area contributed by atoms with Crippen molar-refractivity contribution >= 4 is 22.9 Å². The summed E-state index contributed by atoms with van der Waals surface area (Å²) in [7, 11) is 0. The summed E-state index contributed by atoms with van der Waals surface area (Å²) in [6, 6.07) is 9.75. The number of aromatic nitrogens is 2. The van der Waals surface area contributed by atoms with Crippen molar-refractivity contribution in [2.45, 2.75) is 0 Å². The molecule has 0 unspecified atom stereocenters. The van der Waals surface area contributed by atoms with Gasteiger partial charge >= 0.3 is 0 Å². The van der Waals surface area contributed by atoms with Crippen molar-refractivity contribution in [1.82, 2.24) is 9.97 Å². The molecule has 0 atom stereocenters. The Hall–Kier alpha value is -1.58. The van der Waals surface area contributed by atoms with Gasteiger partial charge in [-0.2, -0.15) is 11.3 Å². The SMILES string of the molecule is Clc1ccccc1-c1ncc(-c2ccsc2)[nH]1. The van der Waals surface area contributed by atoms with E-state index in [-0.39, 0.29) is 0 Å². The first-order valence-electron chi connectivity index (χ1n) is 5.17. The van der Waals surface area contributed by atoms with Gasteiger partial charge in [0, 0.05) is 16.5 Å². The second-order valence-corrected chi connectivity index (χ2v) is 4.82. The first-order valence-corrected chi connectivity index (χ1v) is 6.49. The highest BCUT2D eigenvalue weighted by Crippen LogP contribution is 2.28. The molecule has 2 heterocycles. The zero-order valence-electron chi connectivity index (χ0n) is 8.85. The van der Waals surface area contributed by atoms with Crippen LogP contribution < -0.4 is 0 Å². The molecule has 0 aliphatic heterocycles. The van der Waals surface area contributed by atoms with Crippen molar-refractivity contribution < 1.29 is 0 Å². The molecule has 3 aromatic rings. The van der Waals surface area contributed by atoms with E-state index in [4.69, 9.17) is 11.6 Å². The Balaban J connectivity index is 2.04. The van der Waals surface area contributed by atoms with Gasteiger partial charge in [0.1, 0.15) is 5.82 Å². The smallest absolute Gasteiger partial charge is 0.139 e. The van der Waals surface area contributed by atoms with Crippen LogP contribution in [0.5, 0.6) is 0 Å². The number of halogens is 1. The Bertz CT molecular complexity index is 628. The van der Waals surface area contributed by atoms with Gasteiger partial charge in [0.2, 0.25) is 0 Å². The predicted octanol–water partition coefficient (Wildman–Crippen LogP) is 4.46. The van der Waals surface area contributed by atoms with Crippen LogP contribution in [0.1, 0.15) is 0 Å². The van der Waals surface area contributed by atoms with Crippen LogP contribution in [0.25, 0.3) is 22.6 Å². The van der Waals surface area contributed by atoms with E-state index in [1.165, 1.54) is 0 Å². The Morgan fingerprint density at radius 1 is 1.18 bits per heavy atom. The molecule has 4 heteroatoms. The largest absolute Gasteiger partial charge is 0.338 e. The maximum atomic E-state index is 6.13. The van der Waals surface area contributed by atoms with Gasteiger partial charge in [-0.3, -0.25) is 0 Å². The van der Waals surface area contributed by atoms with Gasteiger partial charge in [0.15, 0.2) is 0 Å². The summed E-state index contributed by atoms with van der Waals surface area (Å²) >= 11 is 7.80. The van der Waals surface area contributed by atoms with E-state index in [2.05, 4.69) is 21.4 Å². The molecule has 0 spiro atoms. The van der Waals surface area contributed by atoms with Gasteiger partial charge in [0.05, 0.1) is 16.9 Å². The molecule has 0 radical (unpaired) electrons. The maximum absolute atomic E-state index is 6.13. The molecule has 0 saturated heterocycles. The lowest BCUT2D eigenvalue weighted by Gasteiger charge is -1.99. The van der Waals surface area contributed by atoms with Gasteiger partial charge in [0.25, 0.3) is 0 Å². The first-order chi connectivity index (χ1) is 8.34. The Morgan fingerprint density at radius 3 is 2.82 bits per heavy atom. The summed E-state index contributed by atoms with van der Waals surface area (Å²) in [6.45, 7) is 0. The van der Waals surface area contributed by atoms with Crippen LogP contribution in [0.2, 0.25) is 5.02 Å². The van der Waals surface area contributed by atoms with Gasteiger partial charge in [-0.15, -0.1) is 0 Å².